The van der Waals surface area contributed by atoms with Crippen LogP contribution in [0.1, 0.15) is 33.2 Å². The molecule has 0 saturated heterocycles. The first-order valence-electron chi connectivity index (χ1n) is 9.48. The molecule has 0 fully saturated rings. The van der Waals surface area contributed by atoms with E-state index in [4.69, 9.17) is 0 Å². The van der Waals surface area contributed by atoms with E-state index < -0.39 is 0 Å². The number of nitrogens with zero attached hydrogens (tertiary/aromatic N) is 5. The quantitative estimate of drug-likeness (QED) is 0.530. The van der Waals surface area contributed by atoms with Crippen molar-refractivity contribution in [2.45, 2.75) is 12.5 Å². The van der Waals surface area contributed by atoms with Crippen molar-refractivity contribution < 1.29 is 4.79 Å². The Kier molecular flexibility index (Phi) is 5.47. The number of amides is 1. The van der Waals surface area contributed by atoms with Crippen LogP contribution in [0.2, 0.25) is 0 Å². The maximum absolute atomic E-state index is 12.5. The Balaban J connectivity index is 1.50. The van der Waals surface area contributed by atoms with Crippen LogP contribution in [-0.4, -0.2) is 37.2 Å². The van der Waals surface area contributed by atoms with Crippen molar-refractivity contribution in [2.75, 3.05) is 6.54 Å². The van der Waals surface area contributed by atoms with Crippen LogP contribution in [0.25, 0.3) is 0 Å². The smallest absolute Gasteiger partial charge is 0.273 e. The first-order chi connectivity index (χ1) is 14.2. The number of rotatable bonds is 7. The molecule has 1 N–H and O–H groups in total. The third-order valence-corrected chi connectivity index (χ3v) is 4.70. The third-order valence-electron chi connectivity index (χ3n) is 4.70. The van der Waals surface area contributed by atoms with E-state index in [1.807, 2.05) is 73.9 Å². The Morgan fingerprint density at radius 3 is 2.24 bits per heavy atom. The number of aromatic nitrogens is 5. The molecular formula is C22H22N6O. The van der Waals surface area contributed by atoms with Gasteiger partial charge in [0.05, 0.1) is 12.4 Å². The average Bonchev–Trinajstić information content (AvgIpc) is 3.39. The predicted octanol–water partition coefficient (Wildman–Crippen LogP) is 2.62. The maximum Gasteiger partial charge on any atom is 0.273 e. The number of aryl methyl sites for hydroxylation is 1. The van der Waals surface area contributed by atoms with Crippen LogP contribution in [0.5, 0.6) is 0 Å². The molecule has 0 aliphatic heterocycles. The highest BCUT2D eigenvalue weighted by molar-refractivity contribution is 5.91. The van der Waals surface area contributed by atoms with E-state index in [0.29, 0.717) is 18.7 Å². The highest BCUT2D eigenvalue weighted by atomic mass is 16.2. The fraction of sp³-hybridized carbons (Fsp3) is 0.182. The lowest BCUT2D eigenvalue weighted by Crippen LogP contribution is -2.26. The van der Waals surface area contributed by atoms with Gasteiger partial charge in [-0.25, -0.2) is 4.68 Å². The monoisotopic (exact) mass is 386 g/mol. The summed E-state index contributed by atoms with van der Waals surface area (Å²) in [6, 6.07) is 20.0. The van der Waals surface area contributed by atoms with Gasteiger partial charge in [-0.05, 0) is 23.1 Å². The molecule has 0 atom stereocenters. The zero-order chi connectivity index (χ0) is 20.1. The number of benzene rings is 2. The topological polar surface area (TPSA) is 77.6 Å². The minimum Gasteiger partial charge on any atom is -0.350 e. The lowest BCUT2D eigenvalue weighted by molar-refractivity contribution is 0.0949. The standard InChI is InChI=1S/C22H22N6O/c1-27-15-17(14-24-27)12-13-23-22(29)20-16-28(26-25-20)21(18-8-4-2-5-9-18)19-10-6-3-7-11-19/h2-11,14-16,21H,12-13H2,1H3,(H,23,29). The summed E-state index contributed by atoms with van der Waals surface area (Å²) >= 11 is 0. The van der Waals surface area contributed by atoms with Crippen molar-refractivity contribution in [1.82, 2.24) is 30.1 Å². The van der Waals surface area contributed by atoms with Crippen molar-refractivity contribution in [1.29, 1.82) is 0 Å². The Labute approximate surface area is 169 Å². The Bertz CT molecular complexity index is 1030. The zero-order valence-electron chi connectivity index (χ0n) is 16.1. The van der Waals surface area contributed by atoms with Crippen molar-refractivity contribution in [3.63, 3.8) is 0 Å². The van der Waals surface area contributed by atoms with E-state index in [-0.39, 0.29) is 11.9 Å². The van der Waals surface area contributed by atoms with Crippen molar-refractivity contribution in [3.8, 4) is 0 Å². The molecule has 7 heteroatoms. The molecule has 0 spiro atoms. The first kappa shape index (κ1) is 18.6. The largest absolute Gasteiger partial charge is 0.350 e. The summed E-state index contributed by atoms with van der Waals surface area (Å²) in [7, 11) is 1.87. The van der Waals surface area contributed by atoms with Crippen LogP contribution in [0.3, 0.4) is 0 Å². The molecule has 0 saturated carbocycles. The normalized spacial score (nSPS) is 11.0. The van der Waals surface area contributed by atoms with Crippen LogP contribution in [0, 0.1) is 0 Å². The summed E-state index contributed by atoms with van der Waals surface area (Å²) in [5, 5.41) is 15.4. The van der Waals surface area contributed by atoms with Gasteiger partial charge < -0.3 is 5.32 Å². The van der Waals surface area contributed by atoms with Crippen LogP contribution in [0.15, 0.2) is 79.3 Å². The summed E-state index contributed by atoms with van der Waals surface area (Å²) in [5.41, 5.74) is 3.52. The second-order valence-electron chi connectivity index (χ2n) is 6.84. The van der Waals surface area contributed by atoms with E-state index in [1.54, 1.807) is 21.8 Å². The number of carbonyl (C=O) groups excluding carboxylic acids is 1. The van der Waals surface area contributed by atoms with Gasteiger partial charge in [-0.2, -0.15) is 5.10 Å². The van der Waals surface area contributed by atoms with Crippen molar-refractivity contribution >= 4 is 5.91 Å². The van der Waals surface area contributed by atoms with Gasteiger partial charge in [0.1, 0.15) is 6.04 Å². The molecule has 146 valence electrons. The zero-order valence-corrected chi connectivity index (χ0v) is 16.1. The van der Waals surface area contributed by atoms with Crippen LogP contribution in [0.4, 0.5) is 0 Å². The van der Waals surface area contributed by atoms with E-state index >= 15 is 0 Å². The molecule has 4 aromatic rings. The molecule has 2 aromatic heterocycles. The molecule has 0 radical (unpaired) electrons. The van der Waals surface area contributed by atoms with Crippen LogP contribution >= 0.6 is 0 Å². The van der Waals surface area contributed by atoms with Gasteiger partial charge in [0.2, 0.25) is 0 Å². The van der Waals surface area contributed by atoms with Gasteiger partial charge in [0.15, 0.2) is 5.69 Å². The first-order valence-corrected chi connectivity index (χ1v) is 9.48. The second-order valence-corrected chi connectivity index (χ2v) is 6.84. The van der Waals surface area contributed by atoms with E-state index in [1.165, 1.54) is 0 Å². The lowest BCUT2D eigenvalue weighted by atomic mass is 9.99. The lowest BCUT2D eigenvalue weighted by Gasteiger charge is -2.17. The van der Waals surface area contributed by atoms with Gasteiger partial charge in [-0.1, -0.05) is 65.9 Å². The minimum absolute atomic E-state index is 0.151. The number of hydrogen-bond acceptors (Lipinski definition) is 4. The number of hydrogen-bond donors (Lipinski definition) is 1. The van der Waals surface area contributed by atoms with E-state index in [9.17, 15) is 4.79 Å². The molecule has 0 bridgehead atoms. The SMILES string of the molecule is Cn1cc(CCNC(=O)c2cn(C(c3ccccc3)c3ccccc3)nn2)cn1. The van der Waals surface area contributed by atoms with Gasteiger partial charge in [0.25, 0.3) is 5.91 Å². The summed E-state index contributed by atoms with van der Waals surface area (Å²) < 4.78 is 3.48. The summed E-state index contributed by atoms with van der Waals surface area (Å²) in [6.45, 7) is 0.512. The molecule has 0 aliphatic carbocycles. The van der Waals surface area contributed by atoms with E-state index in [0.717, 1.165) is 16.7 Å². The molecule has 1 amide bonds. The highest BCUT2D eigenvalue weighted by Crippen LogP contribution is 2.25. The summed E-state index contributed by atoms with van der Waals surface area (Å²) in [4.78, 5) is 12.5. The molecule has 7 nitrogen and oxygen atoms in total. The summed E-state index contributed by atoms with van der Waals surface area (Å²) in [5.74, 6) is -0.236. The Morgan fingerprint density at radius 2 is 1.66 bits per heavy atom. The Morgan fingerprint density at radius 1 is 1.00 bits per heavy atom. The van der Waals surface area contributed by atoms with Crippen molar-refractivity contribution in [2.24, 2.45) is 7.05 Å². The van der Waals surface area contributed by atoms with Crippen LogP contribution in [-0.2, 0) is 13.5 Å². The van der Waals surface area contributed by atoms with Crippen molar-refractivity contribution in [3.05, 3.63) is 102 Å². The van der Waals surface area contributed by atoms with Gasteiger partial charge in [-0.3, -0.25) is 9.48 Å². The van der Waals surface area contributed by atoms with Crippen LogP contribution < -0.4 is 5.32 Å². The minimum atomic E-state index is -0.236. The molecule has 2 aromatic carbocycles. The second kappa shape index (κ2) is 8.52. The summed E-state index contributed by atoms with van der Waals surface area (Å²) in [6.07, 6.45) is 6.15. The third kappa shape index (κ3) is 4.40. The molecule has 0 unspecified atom stereocenters. The maximum atomic E-state index is 12.5. The Hall–Kier alpha value is -3.74. The molecule has 0 aliphatic rings. The molecule has 4 rings (SSSR count). The van der Waals surface area contributed by atoms with Gasteiger partial charge in [0, 0.05) is 19.8 Å². The predicted molar refractivity (Wildman–Crippen MR) is 109 cm³/mol. The molecule has 29 heavy (non-hydrogen) atoms. The molecular weight excluding hydrogens is 364 g/mol. The van der Waals surface area contributed by atoms with E-state index in [2.05, 4.69) is 20.7 Å². The average molecular weight is 386 g/mol. The number of carbonyl (C=O) groups is 1. The number of nitrogens with one attached hydrogen (secondary N) is 1. The van der Waals surface area contributed by atoms with Gasteiger partial charge in [-0.15, -0.1) is 5.10 Å². The molecule has 2 heterocycles. The highest BCUT2D eigenvalue weighted by Gasteiger charge is 2.19. The van der Waals surface area contributed by atoms with Gasteiger partial charge >= 0.3 is 0 Å². The fourth-order valence-electron chi connectivity index (χ4n) is 3.29. The fourth-order valence-corrected chi connectivity index (χ4v) is 3.29.